The molecule has 1 aliphatic rings. The number of nitrogens with zero attached hydrogens (tertiary/aromatic N) is 1. The second-order valence-corrected chi connectivity index (χ2v) is 5.09. The average molecular weight is 252 g/mol. The van der Waals surface area contributed by atoms with Crippen molar-refractivity contribution in [1.82, 2.24) is 4.90 Å². The fraction of sp³-hybridized carbons (Fsp3) is 0.571. The number of rotatable bonds is 4. The molecule has 4 heteroatoms. The van der Waals surface area contributed by atoms with E-state index in [-0.39, 0.29) is 18.5 Å². The molecular weight excluding hydrogens is 231 g/mol. The Labute approximate surface area is 107 Å². The zero-order valence-corrected chi connectivity index (χ0v) is 10.6. The second-order valence-electron chi connectivity index (χ2n) is 5.09. The summed E-state index contributed by atoms with van der Waals surface area (Å²) in [5.74, 6) is 0.242. The van der Waals surface area contributed by atoms with Gasteiger partial charge < -0.3 is 10.8 Å². The molecule has 1 unspecified atom stereocenters. The number of hydrogen-bond acceptors (Lipinski definition) is 3. The second kappa shape index (κ2) is 6.27. The van der Waals surface area contributed by atoms with Gasteiger partial charge in [0.1, 0.15) is 5.82 Å². The first-order chi connectivity index (χ1) is 8.69. The van der Waals surface area contributed by atoms with Gasteiger partial charge in [0.05, 0.1) is 6.61 Å². The molecular formula is C14H21FN2O. The van der Waals surface area contributed by atoms with Crippen molar-refractivity contribution >= 4 is 0 Å². The van der Waals surface area contributed by atoms with E-state index in [1.165, 1.54) is 12.1 Å². The first kappa shape index (κ1) is 13.5. The number of aliphatic hydroxyl groups excluding tert-OH is 1. The summed E-state index contributed by atoms with van der Waals surface area (Å²) >= 11 is 0. The fourth-order valence-corrected chi connectivity index (χ4v) is 2.54. The maximum Gasteiger partial charge on any atom is 0.123 e. The molecule has 1 heterocycles. The lowest BCUT2D eigenvalue weighted by atomic mass is 9.90. The Morgan fingerprint density at radius 1 is 1.28 bits per heavy atom. The van der Waals surface area contributed by atoms with Gasteiger partial charge in [-0.15, -0.1) is 0 Å². The van der Waals surface area contributed by atoms with Crippen LogP contribution in [0.15, 0.2) is 24.3 Å². The first-order valence-electron chi connectivity index (χ1n) is 6.52. The lowest BCUT2D eigenvalue weighted by Crippen LogP contribution is -2.42. The Morgan fingerprint density at radius 2 is 1.89 bits per heavy atom. The largest absolute Gasteiger partial charge is 0.395 e. The molecule has 1 aliphatic heterocycles. The normalized spacial score (nSPS) is 19.9. The van der Waals surface area contributed by atoms with E-state index in [0.717, 1.165) is 38.0 Å². The quantitative estimate of drug-likeness (QED) is 0.850. The third kappa shape index (κ3) is 3.51. The number of halogens is 1. The van der Waals surface area contributed by atoms with Crippen molar-refractivity contribution in [1.29, 1.82) is 0 Å². The Kier molecular flexibility index (Phi) is 4.69. The Hall–Kier alpha value is -0.970. The van der Waals surface area contributed by atoms with Gasteiger partial charge in [0, 0.05) is 12.6 Å². The van der Waals surface area contributed by atoms with Crippen molar-refractivity contribution in [2.24, 2.45) is 11.7 Å². The summed E-state index contributed by atoms with van der Waals surface area (Å²) in [6.07, 6.45) is 2.06. The van der Waals surface area contributed by atoms with Crippen LogP contribution in [-0.4, -0.2) is 35.7 Å². The molecule has 3 nitrogen and oxygen atoms in total. The van der Waals surface area contributed by atoms with Crippen molar-refractivity contribution < 1.29 is 9.50 Å². The van der Waals surface area contributed by atoms with Crippen LogP contribution < -0.4 is 5.73 Å². The fourth-order valence-electron chi connectivity index (χ4n) is 2.54. The van der Waals surface area contributed by atoms with Crippen LogP contribution in [0.25, 0.3) is 0 Å². The van der Waals surface area contributed by atoms with Crippen LogP contribution in [0, 0.1) is 11.7 Å². The van der Waals surface area contributed by atoms with Gasteiger partial charge in [0.25, 0.3) is 0 Å². The summed E-state index contributed by atoms with van der Waals surface area (Å²) in [6.45, 7) is 2.93. The van der Waals surface area contributed by atoms with Gasteiger partial charge in [0.15, 0.2) is 0 Å². The third-order valence-corrected chi connectivity index (χ3v) is 3.77. The third-order valence-electron chi connectivity index (χ3n) is 3.77. The number of piperidine rings is 1. The van der Waals surface area contributed by atoms with E-state index in [2.05, 4.69) is 4.90 Å². The predicted molar refractivity (Wildman–Crippen MR) is 69.5 cm³/mol. The number of nitrogens with two attached hydrogens (primary N) is 1. The summed E-state index contributed by atoms with van der Waals surface area (Å²) in [5.41, 5.74) is 6.99. The van der Waals surface area contributed by atoms with E-state index in [1.807, 2.05) is 12.1 Å². The molecule has 0 aliphatic carbocycles. The molecule has 0 bridgehead atoms. The molecule has 1 aromatic carbocycles. The Morgan fingerprint density at radius 3 is 2.44 bits per heavy atom. The summed E-state index contributed by atoms with van der Waals surface area (Å²) in [4.78, 5) is 2.35. The van der Waals surface area contributed by atoms with Gasteiger partial charge in [-0.25, -0.2) is 4.39 Å². The highest BCUT2D eigenvalue weighted by atomic mass is 19.1. The molecule has 18 heavy (non-hydrogen) atoms. The lowest BCUT2D eigenvalue weighted by molar-refractivity contribution is 0.136. The summed E-state index contributed by atoms with van der Waals surface area (Å²) in [7, 11) is 0. The molecule has 0 spiro atoms. The minimum Gasteiger partial charge on any atom is -0.395 e. The monoisotopic (exact) mass is 252 g/mol. The Balaban J connectivity index is 1.81. The van der Waals surface area contributed by atoms with Crippen LogP contribution >= 0.6 is 0 Å². The minimum atomic E-state index is -0.189. The smallest absolute Gasteiger partial charge is 0.123 e. The highest BCUT2D eigenvalue weighted by Crippen LogP contribution is 2.21. The standard InChI is InChI=1S/C14H21FN2O/c15-13-3-1-11(2-4-13)9-17-7-5-12(6-8-17)14(16)10-18/h1-4,12,14,18H,5-10,16H2. The molecule has 2 rings (SSSR count). The van der Waals surface area contributed by atoms with Crippen LogP contribution in [-0.2, 0) is 6.54 Å². The van der Waals surface area contributed by atoms with E-state index < -0.39 is 0 Å². The molecule has 1 saturated heterocycles. The van der Waals surface area contributed by atoms with Gasteiger partial charge in [0.2, 0.25) is 0 Å². The van der Waals surface area contributed by atoms with E-state index in [9.17, 15) is 4.39 Å². The molecule has 0 aromatic heterocycles. The van der Waals surface area contributed by atoms with Crippen molar-refractivity contribution in [3.8, 4) is 0 Å². The van der Waals surface area contributed by atoms with E-state index in [4.69, 9.17) is 10.8 Å². The predicted octanol–water partition coefficient (Wildman–Crippen LogP) is 1.36. The molecule has 1 atom stereocenters. The average Bonchev–Trinajstić information content (AvgIpc) is 2.41. The SMILES string of the molecule is NC(CO)C1CCN(Cc2ccc(F)cc2)CC1. The maximum atomic E-state index is 12.8. The van der Waals surface area contributed by atoms with Crippen molar-refractivity contribution in [2.45, 2.75) is 25.4 Å². The maximum absolute atomic E-state index is 12.8. The van der Waals surface area contributed by atoms with Crippen LogP contribution in [0.1, 0.15) is 18.4 Å². The van der Waals surface area contributed by atoms with Crippen molar-refractivity contribution in [3.05, 3.63) is 35.6 Å². The zero-order valence-electron chi connectivity index (χ0n) is 10.6. The summed E-state index contributed by atoms with van der Waals surface area (Å²) in [5, 5.41) is 9.04. The number of hydrogen-bond donors (Lipinski definition) is 2. The molecule has 3 N–H and O–H groups in total. The van der Waals surface area contributed by atoms with Crippen LogP contribution in [0.5, 0.6) is 0 Å². The lowest BCUT2D eigenvalue weighted by Gasteiger charge is -2.34. The summed E-state index contributed by atoms with van der Waals surface area (Å²) in [6, 6.07) is 6.59. The topological polar surface area (TPSA) is 49.5 Å². The van der Waals surface area contributed by atoms with Gasteiger partial charge in [-0.1, -0.05) is 12.1 Å². The first-order valence-corrected chi connectivity index (χ1v) is 6.52. The van der Waals surface area contributed by atoms with Crippen molar-refractivity contribution in [2.75, 3.05) is 19.7 Å². The highest BCUT2D eigenvalue weighted by Gasteiger charge is 2.23. The van der Waals surface area contributed by atoms with Crippen LogP contribution in [0.2, 0.25) is 0 Å². The number of likely N-dealkylation sites (tertiary alicyclic amines) is 1. The van der Waals surface area contributed by atoms with Gasteiger partial charge in [-0.2, -0.15) is 0 Å². The van der Waals surface area contributed by atoms with E-state index >= 15 is 0 Å². The zero-order chi connectivity index (χ0) is 13.0. The number of benzene rings is 1. The van der Waals surface area contributed by atoms with Crippen molar-refractivity contribution in [3.63, 3.8) is 0 Å². The molecule has 1 aromatic rings. The van der Waals surface area contributed by atoms with E-state index in [0.29, 0.717) is 5.92 Å². The Bertz CT molecular complexity index is 361. The van der Waals surface area contributed by atoms with Gasteiger partial charge in [-0.05, 0) is 49.5 Å². The van der Waals surface area contributed by atoms with Gasteiger partial charge >= 0.3 is 0 Å². The minimum absolute atomic E-state index is 0.0721. The molecule has 100 valence electrons. The molecule has 0 radical (unpaired) electrons. The summed E-state index contributed by atoms with van der Waals surface area (Å²) < 4.78 is 12.8. The molecule has 0 amide bonds. The highest BCUT2D eigenvalue weighted by molar-refractivity contribution is 5.15. The molecule has 0 saturated carbocycles. The number of aliphatic hydroxyl groups is 1. The van der Waals surface area contributed by atoms with E-state index in [1.54, 1.807) is 0 Å². The molecule has 1 fully saturated rings. The van der Waals surface area contributed by atoms with Gasteiger partial charge in [-0.3, -0.25) is 4.90 Å². The van der Waals surface area contributed by atoms with Crippen LogP contribution in [0.4, 0.5) is 4.39 Å². The van der Waals surface area contributed by atoms with Crippen LogP contribution in [0.3, 0.4) is 0 Å².